The van der Waals surface area contributed by atoms with Crippen LogP contribution in [-0.2, 0) is 15.9 Å². The number of hydrogen-bond donors (Lipinski definition) is 1. The summed E-state index contributed by atoms with van der Waals surface area (Å²) in [6.07, 6.45) is 6.49. The quantitative estimate of drug-likeness (QED) is 0.768. The molecule has 0 bridgehead atoms. The van der Waals surface area contributed by atoms with Gasteiger partial charge in [-0.1, -0.05) is 13.0 Å². The molecular weight excluding hydrogens is 300 g/mol. The van der Waals surface area contributed by atoms with Gasteiger partial charge in [0, 0.05) is 0 Å². The summed E-state index contributed by atoms with van der Waals surface area (Å²) in [5.74, 6) is 2.08. The van der Waals surface area contributed by atoms with Crippen LogP contribution in [0.5, 0.6) is 5.75 Å². The van der Waals surface area contributed by atoms with E-state index in [0.29, 0.717) is 17.6 Å². The molecule has 1 saturated heterocycles. The number of phenols is 1. The molecule has 5 rings (SSSR count). The first-order chi connectivity index (χ1) is 11.4. The molecule has 0 amide bonds. The smallest absolute Gasteiger partial charge is 0.163 e. The molecule has 1 aromatic carbocycles. The third-order valence-corrected chi connectivity index (χ3v) is 7.47. The molecule has 1 heterocycles. The molecule has 2 saturated carbocycles. The summed E-state index contributed by atoms with van der Waals surface area (Å²) < 4.78 is 12.6. The summed E-state index contributed by atoms with van der Waals surface area (Å²) in [5.41, 5.74) is 3.12. The molecular formula is C21H28O3. The summed E-state index contributed by atoms with van der Waals surface area (Å²) >= 11 is 0. The Morgan fingerprint density at radius 3 is 2.79 bits per heavy atom. The third kappa shape index (κ3) is 1.97. The van der Waals surface area contributed by atoms with Crippen molar-refractivity contribution in [3.63, 3.8) is 0 Å². The van der Waals surface area contributed by atoms with Gasteiger partial charge >= 0.3 is 0 Å². The predicted molar refractivity (Wildman–Crippen MR) is 91.9 cm³/mol. The van der Waals surface area contributed by atoms with Crippen LogP contribution in [0.25, 0.3) is 0 Å². The minimum absolute atomic E-state index is 0.258. The number of hydrogen-bond acceptors (Lipinski definition) is 3. The Labute approximate surface area is 144 Å². The number of aryl methyl sites for hydroxylation is 1. The lowest BCUT2D eigenvalue weighted by molar-refractivity contribution is -0.178. The van der Waals surface area contributed by atoms with Crippen LogP contribution in [0, 0.1) is 17.3 Å². The van der Waals surface area contributed by atoms with Gasteiger partial charge in [0.1, 0.15) is 5.75 Å². The first kappa shape index (κ1) is 15.2. The Bertz CT molecular complexity index is 682. The summed E-state index contributed by atoms with van der Waals surface area (Å²) in [5, 5.41) is 9.80. The molecule has 0 spiro atoms. The van der Waals surface area contributed by atoms with Crippen molar-refractivity contribution >= 4 is 0 Å². The van der Waals surface area contributed by atoms with Crippen molar-refractivity contribution in [1.82, 2.24) is 0 Å². The van der Waals surface area contributed by atoms with Gasteiger partial charge in [0.25, 0.3) is 0 Å². The summed E-state index contributed by atoms with van der Waals surface area (Å²) in [4.78, 5) is 0. The molecule has 3 aliphatic carbocycles. The largest absolute Gasteiger partial charge is 0.508 e. The van der Waals surface area contributed by atoms with E-state index in [1.54, 1.807) is 0 Å². The number of phenolic OH excluding ortho intramolecular Hbond substituents is 1. The van der Waals surface area contributed by atoms with E-state index in [9.17, 15) is 5.11 Å². The van der Waals surface area contributed by atoms with Crippen molar-refractivity contribution < 1.29 is 14.6 Å². The fourth-order valence-electron chi connectivity index (χ4n) is 6.53. The average Bonchev–Trinajstić information content (AvgIpc) is 2.97. The number of ether oxygens (including phenoxy) is 2. The second-order valence-electron chi connectivity index (χ2n) is 9.17. The summed E-state index contributed by atoms with van der Waals surface area (Å²) in [6.45, 7) is 6.56. The number of fused-ring (bicyclic) bond motifs is 7. The van der Waals surface area contributed by atoms with E-state index in [1.165, 1.54) is 30.4 Å². The van der Waals surface area contributed by atoms with Crippen LogP contribution in [-0.4, -0.2) is 23.1 Å². The molecule has 3 heteroatoms. The molecule has 1 aromatic rings. The molecule has 3 fully saturated rings. The summed E-state index contributed by atoms with van der Waals surface area (Å²) in [6, 6.07) is 6.03. The zero-order valence-electron chi connectivity index (χ0n) is 14.9. The van der Waals surface area contributed by atoms with Crippen molar-refractivity contribution in [2.24, 2.45) is 17.3 Å². The molecule has 6 atom stereocenters. The fraction of sp³-hybridized carbons (Fsp3) is 0.714. The van der Waals surface area contributed by atoms with Gasteiger partial charge < -0.3 is 14.6 Å². The lowest BCUT2D eigenvalue weighted by atomic mass is 9.55. The molecule has 6 unspecified atom stereocenters. The lowest BCUT2D eigenvalue weighted by Gasteiger charge is -2.50. The van der Waals surface area contributed by atoms with Gasteiger partial charge in [-0.2, -0.15) is 0 Å². The van der Waals surface area contributed by atoms with Gasteiger partial charge in [-0.05, 0) is 92.4 Å². The van der Waals surface area contributed by atoms with Crippen molar-refractivity contribution in [2.45, 2.75) is 76.8 Å². The normalized spacial score (nSPS) is 45.2. The maximum atomic E-state index is 9.80. The molecule has 3 nitrogen and oxygen atoms in total. The van der Waals surface area contributed by atoms with E-state index in [4.69, 9.17) is 9.47 Å². The Hall–Kier alpha value is -1.06. The van der Waals surface area contributed by atoms with Crippen LogP contribution in [0.4, 0.5) is 0 Å². The Morgan fingerprint density at radius 1 is 1.12 bits per heavy atom. The highest BCUT2D eigenvalue weighted by molar-refractivity contribution is 5.40. The minimum Gasteiger partial charge on any atom is -0.508 e. The molecule has 1 N–H and O–H groups in total. The first-order valence-electron chi connectivity index (χ1n) is 9.55. The van der Waals surface area contributed by atoms with E-state index in [0.717, 1.165) is 18.8 Å². The number of aromatic hydroxyl groups is 1. The Balaban J connectivity index is 1.48. The van der Waals surface area contributed by atoms with Gasteiger partial charge in [0.05, 0.1) is 12.2 Å². The number of rotatable bonds is 0. The van der Waals surface area contributed by atoms with Crippen molar-refractivity contribution in [3.8, 4) is 5.75 Å². The highest BCUT2D eigenvalue weighted by atomic mass is 16.8. The number of benzene rings is 1. The lowest BCUT2D eigenvalue weighted by Crippen LogP contribution is -2.45. The van der Waals surface area contributed by atoms with Gasteiger partial charge in [0.2, 0.25) is 0 Å². The molecule has 0 aromatic heterocycles. The molecule has 1 aliphatic heterocycles. The first-order valence-corrected chi connectivity index (χ1v) is 9.55. The van der Waals surface area contributed by atoms with Gasteiger partial charge in [0.15, 0.2) is 5.79 Å². The zero-order chi connectivity index (χ0) is 16.7. The average molecular weight is 328 g/mol. The van der Waals surface area contributed by atoms with E-state index in [-0.39, 0.29) is 17.6 Å². The van der Waals surface area contributed by atoms with Crippen molar-refractivity contribution in [2.75, 3.05) is 0 Å². The Kier molecular flexibility index (Phi) is 3.02. The van der Waals surface area contributed by atoms with Crippen LogP contribution in [0.3, 0.4) is 0 Å². The molecule has 24 heavy (non-hydrogen) atoms. The maximum absolute atomic E-state index is 9.80. The second kappa shape index (κ2) is 4.76. The van der Waals surface area contributed by atoms with E-state index >= 15 is 0 Å². The third-order valence-electron chi connectivity index (χ3n) is 7.47. The highest BCUT2D eigenvalue weighted by Crippen LogP contribution is 2.64. The second-order valence-corrected chi connectivity index (χ2v) is 9.17. The zero-order valence-corrected chi connectivity index (χ0v) is 14.9. The SMILES string of the molecule is CC1(C)OC2CC3C4CCc5cc(O)ccc5C4CCC3(C)C2O1. The van der Waals surface area contributed by atoms with E-state index < -0.39 is 5.79 Å². The van der Waals surface area contributed by atoms with Crippen molar-refractivity contribution in [3.05, 3.63) is 29.3 Å². The van der Waals surface area contributed by atoms with Crippen LogP contribution >= 0.6 is 0 Å². The highest BCUT2D eigenvalue weighted by Gasteiger charge is 2.63. The predicted octanol–water partition coefficient (Wildman–Crippen LogP) is 4.38. The molecule has 0 radical (unpaired) electrons. The van der Waals surface area contributed by atoms with Gasteiger partial charge in [-0.15, -0.1) is 0 Å². The Morgan fingerprint density at radius 2 is 1.96 bits per heavy atom. The van der Waals surface area contributed by atoms with Crippen LogP contribution in [0.1, 0.15) is 63.5 Å². The standard InChI is InChI=1S/C21H28O3/c1-20(2)23-18-11-17-16-6-4-12-10-13(22)5-7-14(12)15(16)8-9-21(17,3)19(18)24-20/h5,7,10,15-19,22H,4,6,8-9,11H2,1-3H3. The fourth-order valence-corrected chi connectivity index (χ4v) is 6.53. The van der Waals surface area contributed by atoms with Crippen LogP contribution in [0.2, 0.25) is 0 Å². The maximum Gasteiger partial charge on any atom is 0.163 e. The van der Waals surface area contributed by atoms with Gasteiger partial charge in [-0.3, -0.25) is 0 Å². The molecule has 130 valence electrons. The van der Waals surface area contributed by atoms with E-state index in [1.807, 2.05) is 12.1 Å². The van der Waals surface area contributed by atoms with Crippen LogP contribution < -0.4 is 0 Å². The van der Waals surface area contributed by atoms with Crippen molar-refractivity contribution in [1.29, 1.82) is 0 Å². The monoisotopic (exact) mass is 328 g/mol. The molecule has 4 aliphatic rings. The summed E-state index contributed by atoms with van der Waals surface area (Å²) in [7, 11) is 0. The minimum atomic E-state index is -0.420. The van der Waals surface area contributed by atoms with Gasteiger partial charge in [-0.25, -0.2) is 0 Å². The van der Waals surface area contributed by atoms with Crippen LogP contribution in [0.15, 0.2) is 18.2 Å². The van der Waals surface area contributed by atoms with E-state index in [2.05, 4.69) is 26.8 Å². The topological polar surface area (TPSA) is 38.7 Å².